The molecule has 5 heteroatoms. The Hall–Kier alpha value is -1.59. The number of likely N-dealkylation sites (N-methyl/N-ethyl adjacent to an activating group) is 2. The fourth-order valence-electron chi connectivity index (χ4n) is 2.85. The Bertz CT molecular complexity index is 491. The van der Waals surface area contributed by atoms with E-state index in [0.717, 1.165) is 26.1 Å². The van der Waals surface area contributed by atoms with Crippen LogP contribution < -0.4 is 10.6 Å². The van der Waals surface area contributed by atoms with Crippen LogP contribution >= 0.6 is 0 Å². The molecule has 2 amide bonds. The van der Waals surface area contributed by atoms with Crippen molar-refractivity contribution < 1.29 is 4.79 Å². The van der Waals surface area contributed by atoms with Gasteiger partial charge in [-0.15, -0.1) is 0 Å². The van der Waals surface area contributed by atoms with E-state index in [1.54, 1.807) is 0 Å². The van der Waals surface area contributed by atoms with Gasteiger partial charge in [-0.3, -0.25) is 4.90 Å². The molecule has 1 aromatic rings. The smallest absolute Gasteiger partial charge is 0.315 e. The number of rotatable bonds is 5. The molecule has 0 saturated carbocycles. The van der Waals surface area contributed by atoms with E-state index >= 15 is 0 Å². The average molecular weight is 304 g/mol. The van der Waals surface area contributed by atoms with Gasteiger partial charge in [0.05, 0.1) is 0 Å². The molecule has 1 aliphatic heterocycles. The van der Waals surface area contributed by atoms with Gasteiger partial charge >= 0.3 is 6.03 Å². The van der Waals surface area contributed by atoms with Gasteiger partial charge in [-0.05, 0) is 31.6 Å². The summed E-state index contributed by atoms with van der Waals surface area (Å²) in [5.41, 5.74) is 2.48. The van der Waals surface area contributed by atoms with Gasteiger partial charge < -0.3 is 15.5 Å². The van der Waals surface area contributed by atoms with Crippen molar-refractivity contribution in [3.8, 4) is 0 Å². The summed E-state index contributed by atoms with van der Waals surface area (Å²) >= 11 is 0. The van der Waals surface area contributed by atoms with Gasteiger partial charge in [0, 0.05) is 38.8 Å². The molecular weight excluding hydrogens is 276 g/mol. The standard InChI is InChI=1S/C17H28N4O/c1-4-14-7-5-6-8-15(14)11-18-17(22)19-12-16-13-20(2)9-10-21(16)3/h5-8,16H,4,9-13H2,1-3H3,(H2,18,19,22). The van der Waals surface area contributed by atoms with Gasteiger partial charge in [-0.1, -0.05) is 31.2 Å². The van der Waals surface area contributed by atoms with Crippen LogP contribution in [0.2, 0.25) is 0 Å². The Labute approximate surface area is 133 Å². The predicted octanol–water partition coefficient (Wildman–Crippen LogP) is 1.29. The monoisotopic (exact) mass is 304 g/mol. The van der Waals surface area contributed by atoms with Crippen molar-refractivity contribution in [1.29, 1.82) is 0 Å². The molecule has 0 aromatic heterocycles. The van der Waals surface area contributed by atoms with E-state index in [0.29, 0.717) is 19.1 Å². The number of carbonyl (C=O) groups is 1. The lowest BCUT2D eigenvalue weighted by Gasteiger charge is -2.37. The number of hydrogen-bond donors (Lipinski definition) is 2. The number of hydrogen-bond acceptors (Lipinski definition) is 3. The molecule has 2 rings (SSSR count). The largest absolute Gasteiger partial charge is 0.337 e. The average Bonchev–Trinajstić information content (AvgIpc) is 2.54. The molecule has 122 valence electrons. The van der Waals surface area contributed by atoms with Crippen molar-refractivity contribution in [2.75, 3.05) is 40.3 Å². The van der Waals surface area contributed by atoms with Crippen LogP contribution in [-0.4, -0.2) is 62.1 Å². The molecule has 1 saturated heterocycles. The first-order chi connectivity index (χ1) is 10.6. The Kier molecular flexibility index (Phi) is 6.21. The quantitative estimate of drug-likeness (QED) is 0.862. The van der Waals surface area contributed by atoms with E-state index in [1.807, 2.05) is 12.1 Å². The summed E-state index contributed by atoms with van der Waals surface area (Å²) in [5, 5.41) is 5.95. The van der Waals surface area contributed by atoms with E-state index in [4.69, 9.17) is 0 Å². The van der Waals surface area contributed by atoms with Crippen molar-refractivity contribution >= 4 is 6.03 Å². The van der Waals surface area contributed by atoms with Crippen LogP contribution in [-0.2, 0) is 13.0 Å². The van der Waals surface area contributed by atoms with Gasteiger partial charge in [0.2, 0.25) is 0 Å². The van der Waals surface area contributed by atoms with E-state index in [-0.39, 0.29) is 6.03 Å². The first-order valence-electron chi connectivity index (χ1n) is 8.07. The Morgan fingerprint density at radius 2 is 1.91 bits per heavy atom. The van der Waals surface area contributed by atoms with Gasteiger partial charge in [0.25, 0.3) is 0 Å². The topological polar surface area (TPSA) is 47.6 Å². The predicted molar refractivity (Wildman–Crippen MR) is 90.0 cm³/mol. The Morgan fingerprint density at radius 3 is 2.64 bits per heavy atom. The summed E-state index contributed by atoms with van der Waals surface area (Å²) in [6, 6.07) is 8.53. The van der Waals surface area contributed by atoms with E-state index in [2.05, 4.69) is 53.6 Å². The van der Waals surface area contributed by atoms with Gasteiger partial charge in [0.1, 0.15) is 0 Å². The second-order valence-electron chi connectivity index (χ2n) is 6.08. The lowest BCUT2D eigenvalue weighted by Crippen LogP contribution is -2.55. The highest BCUT2D eigenvalue weighted by Crippen LogP contribution is 2.09. The van der Waals surface area contributed by atoms with Crippen LogP contribution in [0.3, 0.4) is 0 Å². The summed E-state index contributed by atoms with van der Waals surface area (Å²) < 4.78 is 0. The zero-order valence-corrected chi connectivity index (χ0v) is 13.9. The number of benzene rings is 1. The molecule has 0 spiro atoms. The maximum atomic E-state index is 12.0. The summed E-state index contributed by atoms with van der Waals surface area (Å²) in [7, 11) is 4.25. The number of amides is 2. The van der Waals surface area contributed by atoms with Crippen molar-refractivity contribution in [3.05, 3.63) is 35.4 Å². The zero-order valence-electron chi connectivity index (χ0n) is 13.9. The molecule has 0 aliphatic carbocycles. The lowest BCUT2D eigenvalue weighted by atomic mass is 10.1. The highest BCUT2D eigenvalue weighted by atomic mass is 16.2. The fraction of sp³-hybridized carbons (Fsp3) is 0.588. The van der Waals surface area contributed by atoms with Crippen LogP contribution in [0.1, 0.15) is 18.1 Å². The summed E-state index contributed by atoms with van der Waals surface area (Å²) in [6.45, 7) is 6.53. The van der Waals surface area contributed by atoms with Crippen molar-refractivity contribution in [2.45, 2.75) is 25.9 Å². The van der Waals surface area contributed by atoms with E-state index in [9.17, 15) is 4.79 Å². The molecule has 1 aliphatic rings. The maximum absolute atomic E-state index is 12.0. The minimum atomic E-state index is -0.0902. The molecule has 0 radical (unpaired) electrons. The highest BCUT2D eigenvalue weighted by molar-refractivity contribution is 5.73. The molecule has 5 nitrogen and oxygen atoms in total. The third-order valence-electron chi connectivity index (χ3n) is 4.42. The van der Waals surface area contributed by atoms with Crippen molar-refractivity contribution in [3.63, 3.8) is 0 Å². The molecule has 0 bridgehead atoms. The van der Waals surface area contributed by atoms with Crippen LogP contribution in [0.15, 0.2) is 24.3 Å². The maximum Gasteiger partial charge on any atom is 0.315 e. The lowest BCUT2D eigenvalue weighted by molar-refractivity contribution is 0.114. The molecule has 1 aromatic carbocycles. The molecule has 1 heterocycles. The number of piperazine rings is 1. The second-order valence-corrected chi connectivity index (χ2v) is 6.08. The molecule has 2 N–H and O–H groups in total. The number of urea groups is 1. The number of nitrogens with one attached hydrogen (secondary N) is 2. The number of nitrogens with zero attached hydrogens (tertiary/aromatic N) is 2. The van der Waals surface area contributed by atoms with Gasteiger partial charge in [-0.2, -0.15) is 0 Å². The zero-order chi connectivity index (χ0) is 15.9. The highest BCUT2D eigenvalue weighted by Gasteiger charge is 2.22. The third kappa shape index (κ3) is 4.71. The molecular formula is C17H28N4O. The van der Waals surface area contributed by atoms with Crippen molar-refractivity contribution in [2.24, 2.45) is 0 Å². The summed E-state index contributed by atoms with van der Waals surface area (Å²) in [4.78, 5) is 16.6. The molecule has 22 heavy (non-hydrogen) atoms. The normalized spacial score (nSPS) is 19.9. The Balaban J connectivity index is 1.76. The Morgan fingerprint density at radius 1 is 1.18 bits per heavy atom. The molecule has 1 atom stereocenters. The molecule has 1 fully saturated rings. The number of carbonyl (C=O) groups excluding carboxylic acids is 1. The van der Waals surface area contributed by atoms with E-state index in [1.165, 1.54) is 11.1 Å². The molecule has 1 unspecified atom stereocenters. The first kappa shape index (κ1) is 16.8. The summed E-state index contributed by atoms with van der Waals surface area (Å²) in [6.07, 6.45) is 0.985. The minimum Gasteiger partial charge on any atom is -0.337 e. The third-order valence-corrected chi connectivity index (χ3v) is 4.42. The van der Waals surface area contributed by atoms with Crippen LogP contribution in [0.5, 0.6) is 0 Å². The van der Waals surface area contributed by atoms with Crippen LogP contribution in [0.4, 0.5) is 4.79 Å². The van der Waals surface area contributed by atoms with Crippen LogP contribution in [0, 0.1) is 0 Å². The van der Waals surface area contributed by atoms with Crippen molar-refractivity contribution in [1.82, 2.24) is 20.4 Å². The van der Waals surface area contributed by atoms with E-state index < -0.39 is 0 Å². The SMILES string of the molecule is CCc1ccccc1CNC(=O)NCC1CN(C)CCN1C. The fourth-order valence-corrected chi connectivity index (χ4v) is 2.85. The van der Waals surface area contributed by atoms with Gasteiger partial charge in [0.15, 0.2) is 0 Å². The summed E-state index contributed by atoms with van der Waals surface area (Å²) in [5.74, 6) is 0. The second kappa shape index (κ2) is 8.15. The van der Waals surface area contributed by atoms with Crippen LogP contribution in [0.25, 0.3) is 0 Å². The minimum absolute atomic E-state index is 0.0902. The van der Waals surface area contributed by atoms with Gasteiger partial charge in [-0.25, -0.2) is 4.79 Å². The number of aryl methyl sites for hydroxylation is 1. The first-order valence-corrected chi connectivity index (χ1v) is 8.07.